The van der Waals surface area contributed by atoms with Gasteiger partial charge in [-0.25, -0.2) is 4.79 Å². The molecule has 0 fully saturated rings. The van der Waals surface area contributed by atoms with Gasteiger partial charge >= 0.3 is 5.97 Å². The van der Waals surface area contributed by atoms with Crippen molar-refractivity contribution in [2.24, 2.45) is 5.92 Å². The molecule has 0 unspecified atom stereocenters. The Bertz CT molecular complexity index is 700. The van der Waals surface area contributed by atoms with Gasteiger partial charge in [0.2, 0.25) is 0 Å². The number of benzene rings is 1. The number of carbonyl (C=O) groups is 2. The highest BCUT2D eigenvalue weighted by molar-refractivity contribution is 6.42. The number of aliphatic hydroxyl groups excluding tert-OH is 1. The van der Waals surface area contributed by atoms with Crippen LogP contribution in [-0.4, -0.2) is 34.5 Å². The van der Waals surface area contributed by atoms with E-state index < -0.39 is 17.9 Å². The summed E-state index contributed by atoms with van der Waals surface area (Å²) < 4.78 is 4.89. The molecule has 1 aliphatic heterocycles. The van der Waals surface area contributed by atoms with Crippen molar-refractivity contribution in [1.82, 2.24) is 4.90 Å². The van der Waals surface area contributed by atoms with Gasteiger partial charge in [-0.05, 0) is 30.5 Å². The predicted octanol–water partition coefficient (Wildman–Crippen LogP) is 3.74. The molecule has 1 aromatic carbocycles. The van der Waals surface area contributed by atoms with Gasteiger partial charge in [0.25, 0.3) is 5.91 Å². The Hall–Kier alpha value is -1.72. The topological polar surface area (TPSA) is 66.8 Å². The van der Waals surface area contributed by atoms with E-state index in [1.807, 2.05) is 13.8 Å². The van der Waals surface area contributed by atoms with Gasteiger partial charge in [-0.15, -0.1) is 0 Å². The van der Waals surface area contributed by atoms with Crippen molar-refractivity contribution >= 4 is 35.1 Å². The lowest BCUT2D eigenvalue weighted by Gasteiger charge is -2.28. The van der Waals surface area contributed by atoms with Crippen molar-refractivity contribution in [3.8, 4) is 0 Å². The first-order valence-electron chi connectivity index (χ1n) is 7.63. The van der Waals surface area contributed by atoms with E-state index in [4.69, 9.17) is 27.9 Å². The maximum absolute atomic E-state index is 12.7. The minimum Gasteiger partial charge on any atom is -0.509 e. The molecule has 0 saturated carbocycles. The van der Waals surface area contributed by atoms with Gasteiger partial charge < -0.3 is 14.7 Å². The van der Waals surface area contributed by atoms with E-state index in [0.717, 1.165) is 5.56 Å². The number of ether oxygens (including phenoxy) is 1. The summed E-state index contributed by atoms with van der Waals surface area (Å²) >= 11 is 11.9. The lowest BCUT2D eigenvalue weighted by molar-refractivity contribution is -0.141. The van der Waals surface area contributed by atoms with Crippen molar-refractivity contribution in [2.45, 2.75) is 33.4 Å². The fraction of sp³-hybridized carbons (Fsp3) is 0.412. The van der Waals surface area contributed by atoms with Crippen molar-refractivity contribution in [2.75, 3.05) is 6.61 Å². The maximum Gasteiger partial charge on any atom is 0.347 e. The molecule has 2 rings (SSSR count). The van der Waals surface area contributed by atoms with E-state index in [-0.39, 0.29) is 30.4 Å². The molecule has 0 spiro atoms. The number of hydrogen-bond donors (Lipinski definition) is 1. The summed E-state index contributed by atoms with van der Waals surface area (Å²) in [6, 6.07) is 4.46. The van der Waals surface area contributed by atoms with E-state index in [1.165, 1.54) is 4.90 Å². The van der Waals surface area contributed by atoms with Crippen LogP contribution in [0.2, 0.25) is 10.0 Å². The Morgan fingerprint density at radius 1 is 1.33 bits per heavy atom. The molecule has 0 aliphatic carbocycles. The SMILES string of the molecule is CCOC(=O)C1=C(O)[C@@H](C(C)C)N(Cc2ccc(Cl)c(Cl)c2)C1=O. The quantitative estimate of drug-likeness (QED) is 0.632. The van der Waals surface area contributed by atoms with Gasteiger partial charge in [-0.1, -0.05) is 43.1 Å². The van der Waals surface area contributed by atoms with Gasteiger partial charge in [0, 0.05) is 6.54 Å². The predicted molar refractivity (Wildman–Crippen MR) is 91.9 cm³/mol. The number of carbonyl (C=O) groups excluding carboxylic acids is 2. The molecule has 1 atom stereocenters. The molecule has 1 amide bonds. The number of esters is 1. The molecule has 7 heteroatoms. The second-order valence-electron chi connectivity index (χ2n) is 5.85. The van der Waals surface area contributed by atoms with E-state index in [2.05, 4.69) is 0 Å². The van der Waals surface area contributed by atoms with Crippen molar-refractivity contribution in [1.29, 1.82) is 0 Å². The Morgan fingerprint density at radius 2 is 2.00 bits per heavy atom. The second-order valence-corrected chi connectivity index (χ2v) is 6.67. The molecule has 1 heterocycles. The number of hydrogen-bond acceptors (Lipinski definition) is 4. The van der Waals surface area contributed by atoms with Crippen LogP contribution in [0.25, 0.3) is 0 Å². The Kier molecular flexibility index (Phi) is 5.78. The van der Waals surface area contributed by atoms with E-state index in [9.17, 15) is 14.7 Å². The fourth-order valence-corrected chi connectivity index (χ4v) is 3.07. The van der Waals surface area contributed by atoms with E-state index in [1.54, 1.807) is 25.1 Å². The highest BCUT2D eigenvalue weighted by Gasteiger charge is 2.44. The zero-order chi connectivity index (χ0) is 18.0. The molecule has 0 radical (unpaired) electrons. The minimum atomic E-state index is -0.803. The second kappa shape index (κ2) is 7.45. The molecule has 0 bridgehead atoms. The van der Waals surface area contributed by atoms with Crippen LogP contribution in [0.5, 0.6) is 0 Å². The summed E-state index contributed by atoms with van der Waals surface area (Å²) in [4.78, 5) is 26.1. The summed E-state index contributed by atoms with van der Waals surface area (Å²) in [5.74, 6) is -1.67. The van der Waals surface area contributed by atoms with Crippen LogP contribution in [0, 0.1) is 5.92 Å². The smallest absolute Gasteiger partial charge is 0.347 e. The number of amides is 1. The molecule has 130 valence electrons. The first-order valence-corrected chi connectivity index (χ1v) is 8.38. The van der Waals surface area contributed by atoms with Crippen molar-refractivity contribution < 1.29 is 19.4 Å². The summed E-state index contributed by atoms with van der Waals surface area (Å²) in [5.41, 5.74) is 0.455. The highest BCUT2D eigenvalue weighted by Crippen LogP contribution is 2.32. The van der Waals surface area contributed by atoms with Crippen LogP contribution in [-0.2, 0) is 20.9 Å². The lowest BCUT2D eigenvalue weighted by Crippen LogP contribution is -2.38. The van der Waals surface area contributed by atoms with Crippen LogP contribution < -0.4 is 0 Å². The summed E-state index contributed by atoms with van der Waals surface area (Å²) in [6.07, 6.45) is 0. The molecule has 1 aromatic rings. The van der Waals surface area contributed by atoms with Gasteiger partial charge in [0.15, 0.2) is 5.57 Å². The normalized spacial score (nSPS) is 17.8. The molecule has 0 aromatic heterocycles. The average Bonchev–Trinajstić information content (AvgIpc) is 2.74. The zero-order valence-corrected chi connectivity index (χ0v) is 15.2. The molecule has 0 saturated heterocycles. The lowest BCUT2D eigenvalue weighted by atomic mass is 10.0. The number of halogens is 2. The van der Waals surface area contributed by atoms with Gasteiger partial charge in [0.05, 0.1) is 22.7 Å². The average molecular weight is 372 g/mol. The molecular formula is C17H19Cl2NO4. The monoisotopic (exact) mass is 371 g/mol. The summed E-state index contributed by atoms with van der Waals surface area (Å²) in [6.45, 7) is 5.70. The van der Waals surface area contributed by atoms with Crippen LogP contribution in [0.15, 0.2) is 29.5 Å². The largest absolute Gasteiger partial charge is 0.509 e. The Morgan fingerprint density at radius 3 is 2.54 bits per heavy atom. The van der Waals surface area contributed by atoms with Gasteiger partial charge in [-0.2, -0.15) is 0 Å². The standard InChI is InChI=1S/C17H19Cl2NO4/c1-4-24-17(23)13-15(21)14(9(2)3)20(16(13)22)8-10-5-6-11(18)12(19)7-10/h5-7,9,14,21H,4,8H2,1-3H3/t14-/m1/s1. The number of nitrogens with zero attached hydrogens (tertiary/aromatic N) is 1. The number of aliphatic hydroxyl groups is 1. The van der Waals surface area contributed by atoms with Crippen LogP contribution in [0.3, 0.4) is 0 Å². The molecule has 24 heavy (non-hydrogen) atoms. The number of rotatable bonds is 5. The molecule has 1 N–H and O–H groups in total. The summed E-state index contributed by atoms with van der Waals surface area (Å²) in [7, 11) is 0. The van der Waals surface area contributed by atoms with Crippen LogP contribution in [0.4, 0.5) is 0 Å². The van der Waals surface area contributed by atoms with Gasteiger partial charge in [0.1, 0.15) is 5.76 Å². The van der Waals surface area contributed by atoms with Crippen LogP contribution >= 0.6 is 23.2 Å². The van der Waals surface area contributed by atoms with Crippen molar-refractivity contribution in [3.63, 3.8) is 0 Å². The maximum atomic E-state index is 12.7. The first-order chi connectivity index (χ1) is 11.3. The third-order valence-corrected chi connectivity index (χ3v) is 4.53. The summed E-state index contributed by atoms with van der Waals surface area (Å²) in [5, 5.41) is 11.2. The van der Waals surface area contributed by atoms with Crippen molar-refractivity contribution in [3.05, 3.63) is 45.1 Å². The third kappa shape index (κ3) is 3.52. The van der Waals surface area contributed by atoms with Gasteiger partial charge in [-0.3, -0.25) is 4.79 Å². The molecular weight excluding hydrogens is 353 g/mol. The molecule has 5 nitrogen and oxygen atoms in total. The third-order valence-electron chi connectivity index (χ3n) is 3.79. The van der Waals surface area contributed by atoms with Crippen LogP contribution in [0.1, 0.15) is 26.3 Å². The fourth-order valence-electron chi connectivity index (χ4n) is 2.75. The minimum absolute atomic E-state index is 0.0800. The first kappa shape index (κ1) is 18.6. The Balaban J connectivity index is 2.34. The zero-order valence-electron chi connectivity index (χ0n) is 13.7. The highest BCUT2D eigenvalue weighted by atomic mass is 35.5. The molecule has 1 aliphatic rings. The van der Waals surface area contributed by atoms with E-state index in [0.29, 0.717) is 10.0 Å². The van der Waals surface area contributed by atoms with E-state index >= 15 is 0 Å². The Labute approximate surface area is 150 Å².